The van der Waals surface area contributed by atoms with Crippen molar-refractivity contribution in [1.29, 1.82) is 0 Å². The van der Waals surface area contributed by atoms with Gasteiger partial charge in [-0.05, 0) is 28.8 Å². The summed E-state index contributed by atoms with van der Waals surface area (Å²) in [7, 11) is 0. The Labute approximate surface area is 117 Å². The van der Waals surface area contributed by atoms with Crippen LogP contribution in [-0.4, -0.2) is 29.1 Å². The summed E-state index contributed by atoms with van der Waals surface area (Å²) >= 11 is 3.32. The molecule has 1 aromatic rings. The summed E-state index contributed by atoms with van der Waals surface area (Å²) in [6.45, 7) is 1.85. The highest BCUT2D eigenvalue weighted by Crippen LogP contribution is 2.16. The molecule has 1 aliphatic rings. The van der Waals surface area contributed by atoms with Crippen LogP contribution >= 0.6 is 15.9 Å². The molecule has 0 bridgehead atoms. The van der Waals surface area contributed by atoms with Crippen LogP contribution in [0.2, 0.25) is 0 Å². The molecule has 0 saturated heterocycles. The summed E-state index contributed by atoms with van der Waals surface area (Å²) < 4.78 is 0.907. The van der Waals surface area contributed by atoms with Gasteiger partial charge in [-0.1, -0.05) is 25.7 Å². The van der Waals surface area contributed by atoms with E-state index in [0.29, 0.717) is 12.0 Å². The fourth-order valence-corrected chi connectivity index (χ4v) is 2.54. The van der Waals surface area contributed by atoms with Gasteiger partial charge in [0.25, 0.3) is 0 Å². The maximum Gasteiger partial charge on any atom is 0.222 e. The lowest BCUT2D eigenvalue weighted by molar-refractivity contribution is 0.468. The van der Waals surface area contributed by atoms with Crippen LogP contribution in [-0.2, 0) is 0 Å². The molecule has 0 spiro atoms. The standard InChI is InChI=1S/C13H21BrN4/c14-11-9-17-13(18-10-11)16-8-7-15-12-5-3-1-2-4-6-12/h9-10,12,15H,1-8H2,(H,16,17,18). The van der Waals surface area contributed by atoms with Gasteiger partial charge in [0, 0.05) is 31.5 Å². The molecule has 0 atom stereocenters. The number of anilines is 1. The van der Waals surface area contributed by atoms with Crippen molar-refractivity contribution in [1.82, 2.24) is 15.3 Å². The zero-order chi connectivity index (χ0) is 12.6. The van der Waals surface area contributed by atoms with Gasteiger partial charge in [0.05, 0.1) is 4.47 Å². The number of nitrogens with one attached hydrogen (secondary N) is 2. The van der Waals surface area contributed by atoms with E-state index < -0.39 is 0 Å². The Morgan fingerprint density at radius 3 is 2.39 bits per heavy atom. The van der Waals surface area contributed by atoms with Gasteiger partial charge in [-0.3, -0.25) is 0 Å². The van der Waals surface area contributed by atoms with Gasteiger partial charge in [-0.25, -0.2) is 9.97 Å². The topological polar surface area (TPSA) is 49.8 Å². The van der Waals surface area contributed by atoms with Gasteiger partial charge in [0.2, 0.25) is 5.95 Å². The van der Waals surface area contributed by atoms with Crippen LogP contribution in [0.1, 0.15) is 38.5 Å². The number of hydrogen-bond donors (Lipinski definition) is 2. The van der Waals surface area contributed by atoms with Crippen LogP contribution in [0, 0.1) is 0 Å². The van der Waals surface area contributed by atoms with Crippen LogP contribution in [0.4, 0.5) is 5.95 Å². The third kappa shape index (κ3) is 4.90. The van der Waals surface area contributed by atoms with E-state index in [0.717, 1.165) is 17.6 Å². The van der Waals surface area contributed by atoms with E-state index in [1.165, 1.54) is 38.5 Å². The highest BCUT2D eigenvalue weighted by atomic mass is 79.9. The zero-order valence-corrected chi connectivity index (χ0v) is 12.2. The molecule has 2 rings (SSSR count). The quantitative estimate of drug-likeness (QED) is 0.648. The van der Waals surface area contributed by atoms with Gasteiger partial charge in [-0.15, -0.1) is 0 Å². The molecule has 1 saturated carbocycles. The summed E-state index contributed by atoms with van der Waals surface area (Å²) in [5.74, 6) is 0.695. The first-order valence-electron chi connectivity index (χ1n) is 6.79. The first-order valence-corrected chi connectivity index (χ1v) is 7.59. The molecule has 4 nitrogen and oxygen atoms in total. The minimum Gasteiger partial charge on any atom is -0.353 e. The van der Waals surface area contributed by atoms with Crippen molar-refractivity contribution in [3.63, 3.8) is 0 Å². The van der Waals surface area contributed by atoms with Crippen molar-refractivity contribution >= 4 is 21.9 Å². The Balaban J connectivity index is 1.61. The molecule has 100 valence electrons. The van der Waals surface area contributed by atoms with Crippen molar-refractivity contribution in [2.75, 3.05) is 18.4 Å². The minimum atomic E-state index is 0.695. The first-order chi connectivity index (χ1) is 8.84. The van der Waals surface area contributed by atoms with Crippen molar-refractivity contribution in [3.05, 3.63) is 16.9 Å². The summed E-state index contributed by atoms with van der Waals surface area (Å²) in [4.78, 5) is 8.36. The normalized spacial score (nSPS) is 17.4. The Morgan fingerprint density at radius 2 is 1.72 bits per heavy atom. The third-order valence-electron chi connectivity index (χ3n) is 3.32. The molecule has 1 aliphatic carbocycles. The van der Waals surface area contributed by atoms with Crippen LogP contribution in [0.15, 0.2) is 16.9 Å². The van der Waals surface area contributed by atoms with Crippen LogP contribution in [0.5, 0.6) is 0 Å². The molecule has 1 aromatic heterocycles. The van der Waals surface area contributed by atoms with Gasteiger partial charge in [0.1, 0.15) is 0 Å². The molecule has 5 heteroatoms. The largest absolute Gasteiger partial charge is 0.353 e. The average Bonchev–Trinajstić information content (AvgIpc) is 2.65. The molecular weight excluding hydrogens is 292 g/mol. The third-order valence-corrected chi connectivity index (χ3v) is 3.73. The SMILES string of the molecule is Brc1cnc(NCCNC2CCCCCC2)nc1. The van der Waals surface area contributed by atoms with Crippen LogP contribution in [0.25, 0.3) is 0 Å². The van der Waals surface area contributed by atoms with Crippen molar-refractivity contribution in [3.8, 4) is 0 Å². The number of halogens is 1. The van der Waals surface area contributed by atoms with E-state index in [2.05, 4.69) is 36.5 Å². The van der Waals surface area contributed by atoms with Crippen molar-refractivity contribution < 1.29 is 0 Å². The highest BCUT2D eigenvalue weighted by Gasteiger charge is 2.10. The Bertz CT molecular complexity index is 333. The zero-order valence-electron chi connectivity index (χ0n) is 10.7. The highest BCUT2D eigenvalue weighted by molar-refractivity contribution is 9.10. The van der Waals surface area contributed by atoms with E-state index in [4.69, 9.17) is 0 Å². The molecule has 0 unspecified atom stereocenters. The molecule has 2 N–H and O–H groups in total. The fraction of sp³-hybridized carbons (Fsp3) is 0.692. The van der Waals surface area contributed by atoms with Gasteiger partial charge in [-0.2, -0.15) is 0 Å². The Kier molecular flexibility index (Phi) is 5.87. The second-order valence-corrected chi connectivity index (χ2v) is 5.71. The lowest BCUT2D eigenvalue weighted by Gasteiger charge is -2.16. The van der Waals surface area contributed by atoms with Crippen molar-refractivity contribution in [2.45, 2.75) is 44.6 Å². The lowest BCUT2D eigenvalue weighted by Crippen LogP contribution is -2.32. The Morgan fingerprint density at radius 1 is 1.06 bits per heavy atom. The van der Waals surface area contributed by atoms with Gasteiger partial charge in [0.15, 0.2) is 0 Å². The van der Waals surface area contributed by atoms with E-state index in [1.54, 1.807) is 12.4 Å². The number of nitrogens with zero attached hydrogens (tertiary/aromatic N) is 2. The van der Waals surface area contributed by atoms with E-state index in [9.17, 15) is 0 Å². The Hall–Kier alpha value is -0.680. The van der Waals surface area contributed by atoms with E-state index >= 15 is 0 Å². The van der Waals surface area contributed by atoms with E-state index in [-0.39, 0.29) is 0 Å². The lowest BCUT2D eigenvalue weighted by atomic mass is 10.1. The molecule has 18 heavy (non-hydrogen) atoms. The smallest absolute Gasteiger partial charge is 0.222 e. The van der Waals surface area contributed by atoms with E-state index in [1.807, 2.05) is 0 Å². The fourth-order valence-electron chi connectivity index (χ4n) is 2.34. The van der Waals surface area contributed by atoms with Crippen molar-refractivity contribution in [2.24, 2.45) is 0 Å². The van der Waals surface area contributed by atoms with Crippen LogP contribution < -0.4 is 10.6 Å². The second kappa shape index (κ2) is 7.69. The average molecular weight is 313 g/mol. The minimum absolute atomic E-state index is 0.695. The summed E-state index contributed by atoms with van der Waals surface area (Å²) in [6, 6.07) is 0.708. The molecular formula is C13H21BrN4. The van der Waals surface area contributed by atoms with Crippen LogP contribution in [0.3, 0.4) is 0 Å². The maximum atomic E-state index is 4.18. The predicted molar refractivity (Wildman–Crippen MR) is 77.7 cm³/mol. The van der Waals surface area contributed by atoms with Gasteiger partial charge < -0.3 is 10.6 Å². The van der Waals surface area contributed by atoms with Gasteiger partial charge >= 0.3 is 0 Å². The molecule has 1 fully saturated rings. The number of hydrogen-bond acceptors (Lipinski definition) is 4. The summed E-state index contributed by atoms with van der Waals surface area (Å²) in [5, 5.41) is 6.84. The molecule has 0 aromatic carbocycles. The molecule has 1 heterocycles. The molecule has 0 radical (unpaired) electrons. The number of aromatic nitrogens is 2. The summed E-state index contributed by atoms with van der Waals surface area (Å²) in [5.41, 5.74) is 0. The predicted octanol–water partition coefficient (Wildman–Crippen LogP) is 2.96. The summed E-state index contributed by atoms with van der Waals surface area (Å²) in [6.07, 6.45) is 11.7. The first kappa shape index (κ1) is 13.7. The monoisotopic (exact) mass is 312 g/mol. The number of rotatable bonds is 5. The molecule has 0 amide bonds. The molecule has 0 aliphatic heterocycles. The maximum absolute atomic E-state index is 4.18. The second-order valence-electron chi connectivity index (χ2n) is 4.79.